The van der Waals surface area contributed by atoms with Gasteiger partial charge in [-0.25, -0.2) is 15.0 Å². The lowest BCUT2D eigenvalue weighted by molar-refractivity contribution is 0.414. The maximum atomic E-state index is 5.55. The van der Waals surface area contributed by atoms with Gasteiger partial charge in [0.25, 0.3) is 0 Å². The Morgan fingerprint density at radius 3 is 2.52 bits per heavy atom. The topological polar surface area (TPSA) is 85.1 Å². The van der Waals surface area contributed by atoms with E-state index in [0.717, 1.165) is 25.1 Å². The molecule has 2 aromatic rings. The predicted octanol–water partition coefficient (Wildman–Crippen LogP) is 2.47. The fourth-order valence-corrected chi connectivity index (χ4v) is 1.81. The first kappa shape index (κ1) is 15.1. The molecule has 7 heteroatoms. The molecule has 0 unspecified atom stereocenters. The molecular weight excluding hydrogens is 270 g/mol. The molecule has 0 saturated heterocycles. The molecule has 7 nitrogen and oxygen atoms in total. The number of hydrogen-bond donors (Lipinski definition) is 2. The van der Waals surface area contributed by atoms with Crippen LogP contribution in [0.3, 0.4) is 0 Å². The molecule has 0 bridgehead atoms. The Bertz CT molecular complexity index is 570. The SMILES string of the molecule is CCCNc1ncnc(NCc2ncc(CC)o2)c1OC. The van der Waals surface area contributed by atoms with Gasteiger partial charge in [-0.2, -0.15) is 0 Å². The molecule has 0 aliphatic rings. The van der Waals surface area contributed by atoms with Crippen molar-refractivity contribution < 1.29 is 9.15 Å². The number of ether oxygens (including phenoxy) is 1. The molecule has 21 heavy (non-hydrogen) atoms. The minimum Gasteiger partial charge on any atom is -0.490 e. The lowest BCUT2D eigenvalue weighted by atomic mass is 10.4. The molecule has 0 fully saturated rings. The van der Waals surface area contributed by atoms with E-state index < -0.39 is 0 Å². The quantitative estimate of drug-likeness (QED) is 0.772. The van der Waals surface area contributed by atoms with E-state index in [-0.39, 0.29) is 0 Å². The summed E-state index contributed by atoms with van der Waals surface area (Å²) in [4.78, 5) is 12.6. The molecule has 0 aromatic carbocycles. The van der Waals surface area contributed by atoms with Gasteiger partial charge in [-0.1, -0.05) is 13.8 Å². The fourth-order valence-electron chi connectivity index (χ4n) is 1.81. The number of anilines is 2. The second kappa shape index (κ2) is 7.47. The van der Waals surface area contributed by atoms with E-state index in [2.05, 4.69) is 32.5 Å². The van der Waals surface area contributed by atoms with Crippen LogP contribution in [0.5, 0.6) is 5.75 Å². The second-order valence-corrected chi connectivity index (χ2v) is 4.46. The summed E-state index contributed by atoms with van der Waals surface area (Å²) in [6.07, 6.45) is 5.07. The van der Waals surface area contributed by atoms with Crippen LogP contribution in [0.25, 0.3) is 0 Å². The Balaban J connectivity index is 2.08. The number of nitrogens with zero attached hydrogens (tertiary/aromatic N) is 3. The van der Waals surface area contributed by atoms with Crippen molar-refractivity contribution in [2.24, 2.45) is 0 Å². The molecule has 0 saturated carbocycles. The summed E-state index contributed by atoms with van der Waals surface area (Å²) in [7, 11) is 1.60. The van der Waals surface area contributed by atoms with Crippen LogP contribution in [-0.2, 0) is 13.0 Å². The lowest BCUT2D eigenvalue weighted by Gasteiger charge is -2.13. The average molecular weight is 291 g/mol. The molecule has 114 valence electrons. The monoisotopic (exact) mass is 291 g/mol. The van der Waals surface area contributed by atoms with Crippen LogP contribution in [0.4, 0.5) is 11.6 Å². The van der Waals surface area contributed by atoms with Crippen LogP contribution in [0.15, 0.2) is 16.9 Å². The number of aryl methyl sites for hydroxylation is 1. The van der Waals surface area contributed by atoms with Gasteiger partial charge >= 0.3 is 0 Å². The van der Waals surface area contributed by atoms with Crippen LogP contribution in [-0.4, -0.2) is 28.6 Å². The number of aromatic nitrogens is 3. The first-order chi connectivity index (χ1) is 10.3. The minimum atomic E-state index is 0.445. The van der Waals surface area contributed by atoms with E-state index in [1.54, 1.807) is 13.3 Å². The average Bonchev–Trinajstić information content (AvgIpc) is 2.98. The minimum absolute atomic E-state index is 0.445. The predicted molar refractivity (Wildman–Crippen MR) is 80.6 cm³/mol. The van der Waals surface area contributed by atoms with Crippen LogP contribution < -0.4 is 15.4 Å². The van der Waals surface area contributed by atoms with Gasteiger partial charge in [0.2, 0.25) is 11.6 Å². The van der Waals surface area contributed by atoms with E-state index in [4.69, 9.17) is 9.15 Å². The fraction of sp³-hybridized carbons (Fsp3) is 0.500. The Morgan fingerprint density at radius 2 is 1.90 bits per heavy atom. The van der Waals surface area contributed by atoms with Crippen molar-refractivity contribution in [2.45, 2.75) is 33.2 Å². The molecule has 2 rings (SSSR count). The highest BCUT2D eigenvalue weighted by Crippen LogP contribution is 2.29. The number of rotatable bonds is 8. The van der Waals surface area contributed by atoms with Crippen molar-refractivity contribution in [1.29, 1.82) is 0 Å². The van der Waals surface area contributed by atoms with Crippen LogP contribution in [0.2, 0.25) is 0 Å². The smallest absolute Gasteiger partial charge is 0.213 e. The number of nitrogens with one attached hydrogen (secondary N) is 2. The zero-order valence-corrected chi connectivity index (χ0v) is 12.6. The Morgan fingerprint density at radius 1 is 1.14 bits per heavy atom. The number of hydrogen-bond acceptors (Lipinski definition) is 7. The van der Waals surface area contributed by atoms with Gasteiger partial charge in [0, 0.05) is 13.0 Å². The lowest BCUT2D eigenvalue weighted by Crippen LogP contribution is -2.09. The van der Waals surface area contributed by atoms with E-state index in [1.807, 2.05) is 6.92 Å². The third-order valence-corrected chi connectivity index (χ3v) is 2.91. The summed E-state index contributed by atoms with van der Waals surface area (Å²) >= 11 is 0. The third kappa shape index (κ3) is 3.84. The Hall–Kier alpha value is -2.31. The molecule has 0 radical (unpaired) electrons. The summed E-state index contributed by atoms with van der Waals surface area (Å²) in [5, 5.41) is 6.37. The summed E-state index contributed by atoms with van der Waals surface area (Å²) in [6, 6.07) is 0. The summed E-state index contributed by atoms with van der Waals surface area (Å²) < 4.78 is 10.9. The second-order valence-electron chi connectivity index (χ2n) is 4.46. The highest BCUT2D eigenvalue weighted by Gasteiger charge is 2.12. The highest BCUT2D eigenvalue weighted by atomic mass is 16.5. The van der Waals surface area contributed by atoms with Gasteiger partial charge in [-0.15, -0.1) is 0 Å². The van der Waals surface area contributed by atoms with Gasteiger partial charge in [0.1, 0.15) is 12.1 Å². The van der Waals surface area contributed by atoms with Gasteiger partial charge in [0.15, 0.2) is 11.6 Å². The van der Waals surface area contributed by atoms with Crippen LogP contribution in [0, 0.1) is 0 Å². The van der Waals surface area contributed by atoms with Gasteiger partial charge in [-0.05, 0) is 6.42 Å². The number of methoxy groups -OCH3 is 1. The number of oxazole rings is 1. The molecule has 0 spiro atoms. The van der Waals surface area contributed by atoms with Crippen LogP contribution in [0.1, 0.15) is 31.9 Å². The summed E-state index contributed by atoms with van der Waals surface area (Å²) in [6.45, 7) is 5.39. The summed E-state index contributed by atoms with van der Waals surface area (Å²) in [5.74, 6) is 3.37. The van der Waals surface area contributed by atoms with Crippen molar-refractivity contribution in [3.05, 3.63) is 24.2 Å². The molecule has 0 atom stereocenters. The van der Waals surface area contributed by atoms with E-state index >= 15 is 0 Å². The van der Waals surface area contributed by atoms with Crippen molar-refractivity contribution >= 4 is 11.6 Å². The standard InChI is InChI=1S/C14H21N5O2/c1-4-6-15-13-12(20-3)14(19-9-18-13)17-8-11-16-7-10(5-2)21-11/h7,9H,4-6,8H2,1-3H3,(H2,15,17,18,19). The molecule has 2 aromatic heterocycles. The molecule has 0 amide bonds. The largest absolute Gasteiger partial charge is 0.490 e. The molecule has 0 aliphatic carbocycles. The third-order valence-electron chi connectivity index (χ3n) is 2.91. The van der Waals surface area contributed by atoms with Crippen molar-refractivity contribution in [3.63, 3.8) is 0 Å². The molecule has 0 aliphatic heterocycles. The van der Waals surface area contributed by atoms with Gasteiger partial charge in [-0.3, -0.25) is 0 Å². The Kier molecular flexibility index (Phi) is 5.36. The van der Waals surface area contributed by atoms with E-state index in [9.17, 15) is 0 Å². The molecule has 2 N–H and O–H groups in total. The highest BCUT2D eigenvalue weighted by molar-refractivity contribution is 5.63. The first-order valence-electron chi connectivity index (χ1n) is 7.08. The zero-order valence-electron chi connectivity index (χ0n) is 12.6. The maximum absolute atomic E-state index is 5.55. The summed E-state index contributed by atoms with van der Waals surface area (Å²) in [5.41, 5.74) is 0. The zero-order chi connectivity index (χ0) is 15.1. The van der Waals surface area contributed by atoms with Crippen molar-refractivity contribution in [2.75, 3.05) is 24.3 Å². The van der Waals surface area contributed by atoms with Crippen molar-refractivity contribution in [1.82, 2.24) is 15.0 Å². The molecular formula is C14H21N5O2. The normalized spacial score (nSPS) is 10.4. The van der Waals surface area contributed by atoms with E-state index in [0.29, 0.717) is 29.8 Å². The maximum Gasteiger partial charge on any atom is 0.213 e. The van der Waals surface area contributed by atoms with Gasteiger partial charge < -0.3 is 19.8 Å². The van der Waals surface area contributed by atoms with E-state index in [1.165, 1.54) is 6.33 Å². The Labute approximate surface area is 124 Å². The molecule has 2 heterocycles. The van der Waals surface area contributed by atoms with Crippen molar-refractivity contribution in [3.8, 4) is 5.75 Å². The van der Waals surface area contributed by atoms with Gasteiger partial charge in [0.05, 0.1) is 19.9 Å². The van der Waals surface area contributed by atoms with Crippen LogP contribution >= 0.6 is 0 Å². The first-order valence-corrected chi connectivity index (χ1v) is 7.08.